The molecule has 0 N–H and O–H groups in total. The van der Waals surface area contributed by atoms with E-state index in [9.17, 15) is 0 Å². The van der Waals surface area contributed by atoms with Crippen LogP contribution in [0.5, 0.6) is 0 Å². The zero-order valence-electron chi connectivity index (χ0n) is 19.0. The summed E-state index contributed by atoms with van der Waals surface area (Å²) in [5.41, 5.74) is 1.92. The minimum atomic E-state index is 0.436. The highest BCUT2D eigenvalue weighted by molar-refractivity contribution is 6.17. The normalized spacial score (nSPS) is 11.8. The number of benzene rings is 1. The Bertz CT molecular complexity index is 437. The number of hydrogen-bond donors (Lipinski definition) is 0. The Morgan fingerprint density at radius 2 is 0.964 bits per heavy atom. The van der Waals surface area contributed by atoms with Gasteiger partial charge in [0.05, 0.1) is 0 Å². The molecule has 0 aromatic heterocycles. The smallest absolute Gasteiger partial charge is 0.0223 e. The second-order valence-electron chi connectivity index (χ2n) is 9.57. The maximum absolute atomic E-state index is 5.70. The molecule has 162 valence electrons. The van der Waals surface area contributed by atoms with E-state index in [2.05, 4.69) is 44.2 Å². The lowest BCUT2D eigenvalue weighted by Crippen LogP contribution is -2.14. The van der Waals surface area contributed by atoms with Crippen LogP contribution in [0.25, 0.3) is 0 Å². The van der Waals surface area contributed by atoms with Gasteiger partial charge in [-0.1, -0.05) is 134 Å². The number of alkyl halides is 1. The zero-order chi connectivity index (χ0) is 20.3. The Morgan fingerprint density at radius 3 is 1.39 bits per heavy atom. The summed E-state index contributed by atoms with van der Waals surface area (Å²) < 4.78 is 0. The number of hydrogen-bond acceptors (Lipinski definition) is 0. The molecule has 0 aliphatic heterocycles. The minimum absolute atomic E-state index is 0.436. The van der Waals surface area contributed by atoms with Crippen LogP contribution in [0.15, 0.2) is 30.3 Å². The highest BCUT2D eigenvalue weighted by Gasteiger charge is 2.17. The van der Waals surface area contributed by atoms with Crippen LogP contribution in [0, 0.1) is 5.41 Å². The Morgan fingerprint density at radius 1 is 0.571 bits per heavy atom. The first-order valence-corrected chi connectivity index (χ1v) is 12.8. The third-order valence-electron chi connectivity index (χ3n) is 6.01. The maximum atomic E-state index is 5.70. The van der Waals surface area contributed by atoms with E-state index in [-0.39, 0.29) is 0 Å². The topological polar surface area (TPSA) is 0 Å². The minimum Gasteiger partial charge on any atom is -0.127 e. The van der Waals surface area contributed by atoms with Crippen molar-refractivity contribution in [1.29, 1.82) is 0 Å². The first-order chi connectivity index (χ1) is 13.6. The van der Waals surface area contributed by atoms with Gasteiger partial charge in [0.25, 0.3) is 0 Å². The van der Waals surface area contributed by atoms with E-state index in [0.717, 1.165) is 5.88 Å². The van der Waals surface area contributed by atoms with Crippen LogP contribution in [0.3, 0.4) is 0 Å². The summed E-state index contributed by atoms with van der Waals surface area (Å²) in [6, 6.07) is 11.0. The molecule has 0 bridgehead atoms. The Balaban J connectivity index is 1.83. The maximum Gasteiger partial charge on any atom is 0.0223 e. The van der Waals surface area contributed by atoms with Crippen LogP contribution < -0.4 is 0 Å². The molecule has 0 heterocycles. The number of halogens is 1. The fourth-order valence-corrected chi connectivity index (χ4v) is 4.42. The lowest BCUT2D eigenvalue weighted by Gasteiger charge is -2.24. The van der Waals surface area contributed by atoms with Gasteiger partial charge in [-0.15, -0.1) is 11.6 Å². The number of rotatable bonds is 19. The highest BCUT2D eigenvalue weighted by atomic mass is 35.5. The van der Waals surface area contributed by atoms with Gasteiger partial charge in [-0.2, -0.15) is 0 Å². The molecule has 0 spiro atoms. The highest BCUT2D eigenvalue weighted by Crippen LogP contribution is 2.28. The van der Waals surface area contributed by atoms with Crippen molar-refractivity contribution in [3.63, 3.8) is 0 Å². The van der Waals surface area contributed by atoms with Crippen LogP contribution in [0.2, 0.25) is 0 Å². The second kappa shape index (κ2) is 17.4. The van der Waals surface area contributed by atoms with Crippen molar-refractivity contribution < 1.29 is 0 Å². The summed E-state index contributed by atoms with van der Waals surface area (Å²) >= 11 is 5.70. The summed E-state index contributed by atoms with van der Waals surface area (Å²) in [5.74, 6) is 0.840. The standard InChI is InChI=1S/C27H47Cl/c1-27(2,25-26-21-17-16-18-22-26)23-19-14-12-10-8-6-4-3-5-7-9-11-13-15-20-24-28/h16-18,21-22H,3-15,19-20,23-25H2,1-2H3. The van der Waals surface area contributed by atoms with Crippen LogP contribution >= 0.6 is 11.6 Å². The molecule has 0 aliphatic carbocycles. The van der Waals surface area contributed by atoms with Crippen LogP contribution in [0.1, 0.15) is 122 Å². The van der Waals surface area contributed by atoms with E-state index in [0.29, 0.717) is 5.41 Å². The van der Waals surface area contributed by atoms with Gasteiger partial charge in [0.15, 0.2) is 0 Å². The first-order valence-electron chi connectivity index (χ1n) is 12.2. The van der Waals surface area contributed by atoms with Crippen molar-refractivity contribution in [2.45, 2.75) is 123 Å². The van der Waals surface area contributed by atoms with Gasteiger partial charge in [0.1, 0.15) is 0 Å². The van der Waals surface area contributed by atoms with E-state index in [1.165, 1.54) is 115 Å². The Hall–Kier alpha value is -0.490. The second-order valence-corrected chi connectivity index (χ2v) is 9.95. The largest absolute Gasteiger partial charge is 0.127 e. The van der Waals surface area contributed by atoms with Crippen molar-refractivity contribution in [1.82, 2.24) is 0 Å². The third-order valence-corrected chi connectivity index (χ3v) is 6.28. The van der Waals surface area contributed by atoms with E-state index in [1.54, 1.807) is 0 Å². The Kier molecular flexibility index (Phi) is 15.9. The third kappa shape index (κ3) is 15.4. The monoisotopic (exact) mass is 406 g/mol. The van der Waals surface area contributed by atoms with Gasteiger partial charge in [-0.3, -0.25) is 0 Å². The van der Waals surface area contributed by atoms with Crippen molar-refractivity contribution in [2.75, 3.05) is 5.88 Å². The molecule has 0 saturated heterocycles. The molecule has 0 amide bonds. The Labute approximate surface area is 181 Å². The van der Waals surface area contributed by atoms with Crippen molar-refractivity contribution in [2.24, 2.45) is 5.41 Å². The van der Waals surface area contributed by atoms with Gasteiger partial charge in [-0.25, -0.2) is 0 Å². The first kappa shape index (κ1) is 25.5. The summed E-state index contributed by atoms with van der Waals surface area (Å²) in [7, 11) is 0. The zero-order valence-corrected chi connectivity index (χ0v) is 19.7. The van der Waals surface area contributed by atoms with Crippen molar-refractivity contribution >= 4 is 11.6 Å². The molecule has 0 atom stereocenters. The molecular formula is C27H47Cl. The molecule has 0 fully saturated rings. The van der Waals surface area contributed by atoms with Crippen molar-refractivity contribution in [3.8, 4) is 0 Å². The van der Waals surface area contributed by atoms with Gasteiger partial charge < -0.3 is 0 Å². The van der Waals surface area contributed by atoms with E-state index in [4.69, 9.17) is 11.6 Å². The summed E-state index contributed by atoms with van der Waals surface area (Å²) in [4.78, 5) is 0. The molecule has 1 rings (SSSR count). The van der Waals surface area contributed by atoms with Crippen molar-refractivity contribution in [3.05, 3.63) is 35.9 Å². The van der Waals surface area contributed by atoms with Gasteiger partial charge in [0.2, 0.25) is 0 Å². The van der Waals surface area contributed by atoms with E-state index >= 15 is 0 Å². The quantitative estimate of drug-likeness (QED) is 0.158. The van der Waals surface area contributed by atoms with E-state index < -0.39 is 0 Å². The molecule has 1 heteroatoms. The average molecular weight is 407 g/mol. The lowest BCUT2D eigenvalue weighted by atomic mass is 9.81. The molecule has 1 aromatic rings. The fourth-order valence-electron chi connectivity index (χ4n) is 4.23. The summed E-state index contributed by atoms with van der Waals surface area (Å²) in [6.45, 7) is 4.86. The lowest BCUT2D eigenvalue weighted by molar-refractivity contribution is 0.316. The molecule has 0 nitrogen and oxygen atoms in total. The van der Waals surface area contributed by atoms with Crippen LogP contribution in [-0.4, -0.2) is 5.88 Å². The molecule has 0 unspecified atom stereocenters. The fraction of sp³-hybridized carbons (Fsp3) is 0.778. The van der Waals surface area contributed by atoms with Gasteiger partial charge in [-0.05, 0) is 30.2 Å². The van der Waals surface area contributed by atoms with Gasteiger partial charge >= 0.3 is 0 Å². The number of unbranched alkanes of at least 4 members (excludes halogenated alkanes) is 14. The SMILES string of the molecule is CC(C)(CCCCCCCCCCCCCCCCCCl)Cc1ccccc1. The molecule has 1 aromatic carbocycles. The molecule has 28 heavy (non-hydrogen) atoms. The predicted molar refractivity (Wildman–Crippen MR) is 129 cm³/mol. The average Bonchev–Trinajstić information content (AvgIpc) is 2.68. The summed E-state index contributed by atoms with van der Waals surface area (Å²) in [5, 5.41) is 0. The summed E-state index contributed by atoms with van der Waals surface area (Å²) in [6.07, 6.45) is 23.7. The van der Waals surface area contributed by atoms with Crippen LogP contribution in [-0.2, 0) is 6.42 Å². The predicted octanol–water partition coefficient (Wildman–Crippen LogP) is 9.74. The van der Waals surface area contributed by atoms with E-state index in [1.807, 2.05) is 0 Å². The molecule has 0 radical (unpaired) electrons. The van der Waals surface area contributed by atoms with Crippen LogP contribution in [0.4, 0.5) is 0 Å². The molecule has 0 saturated carbocycles. The molecular weight excluding hydrogens is 360 g/mol. The van der Waals surface area contributed by atoms with Gasteiger partial charge in [0, 0.05) is 5.88 Å². The molecule has 0 aliphatic rings.